The number of anilines is 2. The summed E-state index contributed by atoms with van der Waals surface area (Å²) in [5, 5.41) is 6.63. The lowest BCUT2D eigenvalue weighted by atomic mass is 10.1. The zero-order valence-corrected chi connectivity index (χ0v) is 16.2. The molecule has 0 aromatic heterocycles. The average Bonchev–Trinajstić information content (AvgIpc) is 2.87. The summed E-state index contributed by atoms with van der Waals surface area (Å²) < 4.78 is 0. The molecule has 0 bridgehead atoms. The Bertz CT molecular complexity index is 532. The van der Waals surface area contributed by atoms with Gasteiger partial charge in [-0.15, -0.1) is 0 Å². The smallest absolute Gasteiger partial charge is 0.225 e. The van der Waals surface area contributed by atoms with Gasteiger partial charge < -0.3 is 15.5 Å². The van der Waals surface area contributed by atoms with Crippen LogP contribution in [-0.4, -0.2) is 31.6 Å². The van der Waals surface area contributed by atoms with Crippen LogP contribution in [0.15, 0.2) is 18.2 Å². The SMILES string of the molecule is CCN(CC)c1ccc(NC(=O)CCNC2CCCCCC2)c(C)c1. The number of carbonyl (C=O) groups excluding carboxylic acids is 1. The Morgan fingerprint density at radius 1 is 1.12 bits per heavy atom. The Kier molecular flexibility index (Phi) is 8.26. The number of hydrogen-bond donors (Lipinski definition) is 2. The summed E-state index contributed by atoms with van der Waals surface area (Å²) in [5.41, 5.74) is 3.26. The van der Waals surface area contributed by atoms with Gasteiger partial charge in [0.2, 0.25) is 5.91 Å². The van der Waals surface area contributed by atoms with Crippen LogP contribution >= 0.6 is 0 Å². The van der Waals surface area contributed by atoms with E-state index in [1.54, 1.807) is 0 Å². The lowest BCUT2D eigenvalue weighted by Crippen LogP contribution is -2.31. The zero-order valence-electron chi connectivity index (χ0n) is 16.2. The van der Waals surface area contributed by atoms with Gasteiger partial charge in [-0.25, -0.2) is 0 Å². The predicted octanol–water partition coefficient (Wildman–Crippen LogP) is 4.48. The molecule has 140 valence electrons. The highest BCUT2D eigenvalue weighted by atomic mass is 16.1. The molecule has 0 spiro atoms. The number of nitrogens with one attached hydrogen (secondary N) is 2. The van der Waals surface area contributed by atoms with Crippen LogP contribution < -0.4 is 15.5 Å². The van der Waals surface area contributed by atoms with Crippen LogP contribution in [0.2, 0.25) is 0 Å². The summed E-state index contributed by atoms with van der Waals surface area (Å²) in [6, 6.07) is 6.89. The topological polar surface area (TPSA) is 44.4 Å². The summed E-state index contributed by atoms with van der Waals surface area (Å²) in [6.45, 7) is 9.15. The molecular formula is C21H35N3O. The van der Waals surface area contributed by atoms with E-state index in [0.29, 0.717) is 12.5 Å². The van der Waals surface area contributed by atoms with Gasteiger partial charge in [0, 0.05) is 43.5 Å². The third-order valence-corrected chi connectivity index (χ3v) is 5.25. The molecule has 4 heteroatoms. The van der Waals surface area contributed by atoms with Crippen molar-refractivity contribution in [3.05, 3.63) is 23.8 Å². The van der Waals surface area contributed by atoms with Crippen molar-refractivity contribution in [2.75, 3.05) is 29.9 Å². The summed E-state index contributed by atoms with van der Waals surface area (Å²) in [7, 11) is 0. The second kappa shape index (κ2) is 10.4. The van der Waals surface area contributed by atoms with Crippen LogP contribution in [0, 0.1) is 6.92 Å². The molecule has 1 aliphatic rings. The molecule has 1 amide bonds. The van der Waals surface area contributed by atoms with E-state index >= 15 is 0 Å². The van der Waals surface area contributed by atoms with E-state index in [9.17, 15) is 4.79 Å². The lowest BCUT2D eigenvalue weighted by molar-refractivity contribution is -0.116. The van der Waals surface area contributed by atoms with Gasteiger partial charge in [0.1, 0.15) is 0 Å². The van der Waals surface area contributed by atoms with Crippen molar-refractivity contribution in [3.8, 4) is 0 Å². The first-order valence-electron chi connectivity index (χ1n) is 10.0. The number of rotatable bonds is 8. The summed E-state index contributed by atoms with van der Waals surface area (Å²) >= 11 is 0. The maximum Gasteiger partial charge on any atom is 0.225 e. The van der Waals surface area contributed by atoms with Crippen LogP contribution in [0.1, 0.15) is 64.4 Å². The quantitative estimate of drug-likeness (QED) is 0.683. The van der Waals surface area contributed by atoms with Crippen LogP contribution in [0.3, 0.4) is 0 Å². The first kappa shape index (κ1) is 19.8. The van der Waals surface area contributed by atoms with Gasteiger partial charge in [-0.2, -0.15) is 0 Å². The molecule has 0 atom stereocenters. The highest BCUT2D eigenvalue weighted by Crippen LogP contribution is 2.23. The molecule has 0 saturated heterocycles. The van der Waals surface area contributed by atoms with Crippen molar-refractivity contribution in [2.45, 2.75) is 71.8 Å². The van der Waals surface area contributed by atoms with E-state index < -0.39 is 0 Å². The van der Waals surface area contributed by atoms with Crippen molar-refractivity contribution in [2.24, 2.45) is 0 Å². The zero-order chi connectivity index (χ0) is 18.1. The van der Waals surface area contributed by atoms with Crippen molar-refractivity contribution in [1.82, 2.24) is 5.32 Å². The van der Waals surface area contributed by atoms with Crippen molar-refractivity contribution >= 4 is 17.3 Å². The third-order valence-electron chi connectivity index (χ3n) is 5.25. The van der Waals surface area contributed by atoms with Crippen LogP contribution in [0.25, 0.3) is 0 Å². The molecule has 1 aliphatic carbocycles. The molecule has 0 radical (unpaired) electrons. The van der Waals surface area contributed by atoms with E-state index in [2.05, 4.69) is 48.4 Å². The van der Waals surface area contributed by atoms with Gasteiger partial charge in [0.25, 0.3) is 0 Å². The Morgan fingerprint density at radius 3 is 2.40 bits per heavy atom. The lowest BCUT2D eigenvalue weighted by Gasteiger charge is -2.22. The first-order valence-corrected chi connectivity index (χ1v) is 10.0. The van der Waals surface area contributed by atoms with Crippen LogP contribution in [0.4, 0.5) is 11.4 Å². The molecule has 1 aromatic carbocycles. The van der Waals surface area contributed by atoms with Gasteiger partial charge in [-0.05, 0) is 57.4 Å². The Balaban J connectivity index is 1.79. The fourth-order valence-corrected chi connectivity index (χ4v) is 3.66. The average molecular weight is 346 g/mol. The van der Waals surface area contributed by atoms with Gasteiger partial charge in [-0.3, -0.25) is 4.79 Å². The largest absolute Gasteiger partial charge is 0.372 e. The molecule has 0 aliphatic heterocycles. The summed E-state index contributed by atoms with van der Waals surface area (Å²) in [6.07, 6.45) is 8.42. The maximum atomic E-state index is 12.2. The second-order valence-corrected chi connectivity index (χ2v) is 7.11. The molecule has 0 heterocycles. The van der Waals surface area contributed by atoms with Crippen molar-refractivity contribution < 1.29 is 4.79 Å². The third kappa shape index (κ3) is 6.35. The number of aryl methyl sites for hydroxylation is 1. The van der Waals surface area contributed by atoms with E-state index in [-0.39, 0.29) is 5.91 Å². The number of amides is 1. The molecule has 0 unspecified atom stereocenters. The molecule has 2 N–H and O–H groups in total. The Morgan fingerprint density at radius 2 is 1.80 bits per heavy atom. The Hall–Kier alpha value is -1.55. The number of nitrogens with zero attached hydrogens (tertiary/aromatic N) is 1. The molecule has 2 rings (SSSR count). The standard InChI is InChI=1S/C21H35N3O/c1-4-24(5-2)19-12-13-20(17(3)16-19)23-21(25)14-15-22-18-10-8-6-7-9-11-18/h12-13,16,18,22H,4-11,14-15H2,1-3H3,(H,23,25). The Labute approximate surface area is 153 Å². The molecule has 1 aromatic rings. The molecule has 1 fully saturated rings. The first-order chi connectivity index (χ1) is 12.1. The molecule has 4 nitrogen and oxygen atoms in total. The van der Waals surface area contributed by atoms with Gasteiger partial charge in [0.15, 0.2) is 0 Å². The van der Waals surface area contributed by atoms with E-state index in [4.69, 9.17) is 0 Å². The summed E-state index contributed by atoms with van der Waals surface area (Å²) in [4.78, 5) is 14.6. The number of benzene rings is 1. The molecular weight excluding hydrogens is 310 g/mol. The van der Waals surface area contributed by atoms with E-state index in [0.717, 1.165) is 30.9 Å². The van der Waals surface area contributed by atoms with Gasteiger partial charge >= 0.3 is 0 Å². The highest BCUT2D eigenvalue weighted by molar-refractivity contribution is 5.91. The summed E-state index contributed by atoms with van der Waals surface area (Å²) in [5.74, 6) is 0.0970. The second-order valence-electron chi connectivity index (χ2n) is 7.11. The fourth-order valence-electron chi connectivity index (χ4n) is 3.66. The minimum absolute atomic E-state index is 0.0970. The van der Waals surface area contributed by atoms with Crippen molar-refractivity contribution in [1.29, 1.82) is 0 Å². The van der Waals surface area contributed by atoms with Crippen LogP contribution in [0.5, 0.6) is 0 Å². The molecule has 1 saturated carbocycles. The highest BCUT2D eigenvalue weighted by Gasteiger charge is 2.12. The van der Waals surface area contributed by atoms with E-state index in [1.165, 1.54) is 44.2 Å². The normalized spacial score (nSPS) is 15.6. The van der Waals surface area contributed by atoms with Crippen LogP contribution in [-0.2, 0) is 4.79 Å². The molecule has 25 heavy (non-hydrogen) atoms. The van der Waals surface area contributed by atoms with E-state index in [1.807, 2.05) is 6.07 Å². The predicted molar refractivity (Wildman–Crippen MR) is 107 cm³/mol. The number of hydrogen-bond acceptors (Lipinski definition) is 3. The fraction of sp³-hybridized carbons (Fsp3) is 0.667. The van der Waals surface area contributed by atoms with Crippen molar-refractivity contribution in [3.63, 3.8) is 0 Å². The van der Waals surface area contributed by atoms with Gasteiger partial charge in [0.05, 0.1) is 0 Å². The monoisotopic (exact) mass is 345 g/mol. The minimum atomic E-state index is 0.0970. The maximum absolute atomic E-state index is 12.2. The number of carbonyl (C=O) groups is 1. The minimum Gasteiger partial charge on any atom is -0.372 e. The van der Waals surface area contributed by atoms with Gasteiger partial charge in [-0.1, -0.05) is 25.7 Å².